The summed E-state index contributed by atoms with van der Waals surface area (Å²) in [6, 6.07) is 8.11. The molecule has 0 spiro atoms. The van der Waals surface area contributed by atoms with Crippen LogP contribution in [0.3, 0.4) is 0 Å². The van der Waals surface area contributed by atoms with Gasteiger partial charge in [-0.3, -0.25) is 9.80 Å². The van der Waals surface area contributed by atoms with Crippen LogP contribution in [0.4, 0.5) is 0 Å². The zero-order valence-corrected chi connectivity index (χ0v) is 15.4. The highest BCUT2D eigenvalue weighted by molar-refractivity contribution is 5.57. The molecule has 0 aliphatic carbocycles. The lowest BCUT2D eigenvalue weighted by molar-refractivity contribution is 0.136. The molecule has 1 saturated heterocycles. The van der Waals surface area contributed by atoms with Crippen LogP contribution in [0.25, 0.3) is 6.08 Å². The average molecular weight is 341 g/mol. The second kappa shape index (κ2) is 8.32. The van der Waals surface area contributed by atoms with Crippen molar-refractivity contribution >= 4 is 6.08 Å². The summed E-state index contributed by atoms with van der Waals surface area (Å²) in [5, 5.41) is 4.05. The maximum atomic E-state index is 5.39. The Kier molecular flexibility index (Phi) is 5.89. The third-order valence-corrected chi connectivity index (χ3v) is 4.83. The van der Waals surface area contributed by atoms with Gasteiger partial charge >= 0.3 is 0 Å². The number of benzene rings is 1. The van der Waals surface area contributed by atoms with Crippen LogP contribution in [0.5, 0.6) is 5.75 Å². The van der Waals surface area contributed by atoms with Gasteiger partial charge in [0.2, 0.25) is 0 Å². The van der Waals surface area contributed by atoms with E-state index in [1.807, 2.05) is 32.0 Å². The van der Waals surface area contributed by atoms with Crippen molar-refractivity contribution in [2.75, 3.05) is 39.8 Å². The van der Waals surface area contributed by atoms with Gasteiger partial charge in [-0.05, 0) is 19.9 Å². The second-order valence-corrected chi connectivity index (χ2v) is 6.52. The molecule has 0 unspecified atom stereocenters. The molecule has 25 heavy (non-hydrogen) atoms. The summed E-state index contributed by atoms with van der Waals surface area (Å²) < 4.78 is 10.7. The number of hydrogen-bond donors (Lipinski definition) is 0. The molecule has 134 valence electrons. The predicted molar refractivity (Wildman–Crippen MR) is 99.7 cm³/mol. The van der Waals surface area contributed by atoms with Crippen molar-refractivity contribution in [3.8, 4) is 5.75 Å². The number of aromatic nitrogens is 1. The highest BCUT2D eigenvalue weighted by Crippen LogP contribution is 2.19. The smallest absolute Gasteiger partial charge is 0.138 e. The molecule has 5 nitrogen and oxygen atoms in total. The molecule has 0 radical (unpaired) electrons. The van der Waals surface area contributed by atoms with Gasteiger partial charge in [-0.2, -0.15) is 0 Å². The first kappa shape index (κ1) is 17.7. The minimum Gasteiger partial charge on any atom is -0.496 e. The van der Waals surface area contributed by atoms with Gasteiger partial charge in [0.05, 0.1) is 12.8 Å². The molecule has 0 saturated carbocycles. The first-order valence-electron chi connectivity index (χ1n) is 8.83. The highest BCUT2D eigenvalue weighted by atomic mass is 16.5. The van der Waals surface area contributed by atoms with Crippen molar-refractivity contribution in [3.05, 3.63) is 52.9 Å². The number of piperazine rings is 1. The van der Waals surface area contributed by atoms with E-state index in [9.17, 15) is 0 Å². The Hall–Kier alpha value is -2.11. The van der Waals surface area contributed by atoms with Crippen LogP contribution in [0.2, 0.25) is 0 Å². The molecule has 1 aliphatic heterocycles. The highest BCUT2D eigenvalue weighted by Gasteiger charge is 2.19. The topological polar surface area (TPSA) is 41.7 Å². The van der Waals surface area contributed by atoms with Crippen molar-refractivity contribution in [3.63, 3.8) is 0 Å². The number of para-hydroxylation sites is 1. The zero-order chi connectivity index (χ0) is 17.6. The molecule has 0 N–H and O–H groups in total. The van der Waals surface area contributed by atoms with Crippen molar-refractivity contribution in [2.24, 2.45) is 0 Å². The maximum Gasteiger partial charge on any atom is 0.138 e. The largest absolute Gasteiger partial charge is 0.496 e. The van der Waals surface area contributed by atoms with Crippen LogP contribution >= 0.6 is 0 Å². The fourth-order valence-electron chi connectivity index (χ4n) is 3.21. The lowest BCUT2D eigenvalue weighted by Gasteiger charge is -2.34. The Labute approximate surface area is 149 Å². The van der Waals surface area contributed by atoms with E-state index in [0.717, 1.165) is 62.0 Å². The van der Waals surface area contributed by atoms with Gasteiger partial charge in [0.1, 0.15) is 11.5 Å². The second-order valence-electron chi connectivity index (χ2n) is 6.52. The van der Waals surface area contributed by atoms with Crippen molar-refractivity contribution in [1.82, 2.24) is 15.0 Å². The minimum atomic E-state index is 0.919. The van der Waals surface area contributed by atoms with Gasteiger partial charge < -0.3 is 9.26 Å². The average Bonchev–Trinajstić information content (AvgIpc) is 2.95. The van der Waals surface area contributed by atoms with Crippen molar-refractivity contribution in [1.29, 1.82) is 0 Å². The van der Waals surface area contributed by atoms with E-state index in [0.29, 0.717) is 0 Å². The zero-order valence-electron chi connectivity index (χ0n) is 15.4. The number of methoxy groups -OCH3 is 1. The van der Waals surface area contributed by atoms with Gasteiger partial charge in [0, 0.05) is 50.4 Å². The summed E-state index contributed by atoms with van der Waals surface area (Å²) in [5.41, 5.74) is 3.38. The Morgan fingerprint density at radius 1 is 1.12 bits per heavy atom. The molecular weight excluding hydrogens is 314 g/mol. The number of aryl methyl sites for hydroxylation is 2. The van der Waals surface area contributed by atoms with Crippen LogP contribution in [0.1, 0.15) is 22.6 Å². The normalized spacial score (nSPS) is 16.6. The van der Waals surface area contributed by atoms with E-state index < -0.39 is 0 Å². The molecule has 1 aromatic heterocycles. The van der Waals surface area contributed by atoms with E-state index in [2.05, 4.69) is 33.2 Å². The quantitative estimate of drug-likeness (QED) is 0.807. The van der Waals surface area contributed by atoms with Gasteiger partial charge in [-0.15, -0.1) is 0 Å². The Morgan fingerprint density at radius 2 is 1.84 bits per heavy atom. The lowest BCUT2D eigenvalue weighted by atomic mass is 10.1. The van der Waals surface area contributed by atoms with Crippen LogP contribution < -0.4 is 4.74 Å². The molecule has 0 bridgehead atoms. The van der Waals surface area contributed by atoms with Gasteiger partial charge in [0.15, 0.2) is 0 Å². The minimum absolute atomic E-state index is 0.919. The van der Waals surface area contributed by atoms with Crippen LogP contribution in [-0.4, -0.2) is 54.8 Å². The van der Waals surface area contributed by atoms with Crippen LogP contribution in [0, 0.1) is 13.8 Å². The standard InChI is InChI=1S/C20H27N3O2/c1-16-19(17(2)25-21-16)15-23-13-11-22(12-14-23)10-6-8-18-7-4-5-9-20(18)24-3/h4-9H,10-15H2,1-3H3. The lowest BCUT2D eigenvalue weighted by Crippen LogP contribution is -2.45. The first-order valence-corrected chi connectivity index (χ1v) is 8.83. The molecule has 0 atom stereocenters. The number of rotatable bonds is 6. The summed E-state index contributed by atoms with van der Waals surface area (Å²) in [6.45, 7) is 10.2. The van der Waals surface area contributed by atoms with E-state index in [1.54, 1.807) is 7.11 Å². The third-order valence-electron chi connectivity index (χ3n) is 4.83. The SMILES string of the molecule is COc1ccccc1C=CCN1CCN(Cc2c(C)noc2C)CC1. The molecule has 5 heteroatoms. The molecule has 2 aromatic rings. The Balaban J connectivity index is 1.47. The fourth-order valence-corrected chi connectivity index (χ4v) is 3.21. The predicted octanol–water partition coefficient (Wildman–Crippen LogP) is 3.13. The van der Waals surface area contributed by atoms with Gasteiger partial charge in [0.25, 0.3) is 0 Å². The summed E-state index contributed by atoms with van der Waals surface area (Å²) in [6.07, 6.45) is 4.37. The number of nitrogens with zero attached hydrogens (tertiary/aromatic N) is 3. The van der Waals surface area contributed by atoms with Gasteiger partial charge in [-0.25, -0.2) is 0 Å². The first-order chi connectivity index (χ1) is 12.2. The number of ether oxygens (including phenoxy) is 1. The van der Waals surface area contributed by atoms with E-state index in [4.69, 9.17) is 9.26 Å². The van der Waals surface area contributed by atoms with E-state index in [1.165, 1.54) is 5.56 Å². The summed E-state index contributed by atoms with van der Waals surface area (Å²) in [7, 11) is 1.71. The Morgan fingerprint density at radius 3 is 2.52 bits per heavy atom. The maximum absolute atomic E-state index is 5.39. The number of hydrogen-bond acceptors (Lipinski definition) is 5. The fraction of sp³-hybridized carbons (Fsp3) is 0.450. The van der Waals surface area contributed by atoms with Crippen molar-refractivity contribution < 1.29 is 9.26 Å². The van der Waals surface area contributed by atoms with Crippen LogP contribution in [0.15, 0.2) is 34.9 Å². The molecule has 0 amide bonds. The summed E-state index contributed by atoms with van der Waals surface area (Å²) in [4.78, 5) is 4.96. The molecule has 1 aromatic carbocycles. The molecule has 3 rings (SSSR count). The van der Waals surface area contributed by atoms with Crippen molar-refractivity contribution in [2.45, 2.75) is 20.4 Å². The van der Waals surface area contributed by atoms with Gasteiger partial charge in [-0.1, -0.05) is 35.5 Å². The monoisotopic (exact) mass is 341 g/mol. The summed E-state index contributed by atoms with van der Waals surface area (Å²) >= 11 is 0. The molecule has 1 fully saturated rings. The molecule has 2 heterocycles. The Bertz CT molecular complexity index is 696. The van der Waals surface area contributed by atoms with Crippen LogP contribution in [-0.2, 0) is 6.54 Å². The third kappa shape index (κ3) is 4.50. The van der Waals surface area contributed by atoms with E-state index >= 15 is 0 Å². The summed E-state index contributed by atoms with van der Waals surface area (Å²) in [5.74, 6) is 1.86. The molecular formula is C20H27N3O2. The molecule has 1 aliphatic rings. The van der Waals surface area contributed by atoms with E-state index in [-0.39, 0.29) is 0 Å².